The fourth-order valence-corrected chi connectivity index (χ4v) is 2.43. The Morgan fingerprint density at radius 3 is 2.62 bits per heavy atom. The number of nitriles is 1. The third kappa shape index (κ3) is 4.42. The summed E-state index contributed by atoms with van der Waals surface area (Å²) in [4.78, 5) is 12.8. The fourth-order valence-electron chi connectivity index (χ4n) is 2.43. The molecule has 8 nitrogen and oxygen atoms in total. The summed E-state index contributed by atoms with van der Waals surface area (Å²) in [5, 5.41) is 22.5. The highest BCUT2D eigenvalue weighted by atomic mass is 16.5. The predicted octanol–water partition coefficient (Wildman–Crippen LogP) is 2.00. The minimum atomic E-state index is -0.582. The zero-order valence-corrected chi connectivity index (χ0v) is 13.8. The second-order valence-electron chi connectivity index (χ2n) is 5.46. The second kappa shape index (κ2) is 8.39. The molecule has 1 aromatic heterocycles. The Morgan fingerprint density at radius 1 is 1.19 bits per heavy atom. The van der Waals surface area contributed by atoms with Crippen LogP contribution in [0.15, 0.2) is 60.9 Å². The number of aromatic nitrogens is 4. The molecule has 0 radical (unpaired) electrons. The largest absolute Gasteiger partial charge is 0.479 e. The van der Waals surface area contributed by atoms with Crippen LogP contribution < -0.4 is 10.1 Å². The molecule has 0 aliphatic heterocycles. The summed E-state index contributed by atoms with van der Waals surface area (Å²) in [5.41, 5.74) is 1.62. The Labute approximate surface area is 150 Å². The van der Waals surface area contributed by atoms with Gasteiger partial charge in [-0.2, -0.15) is 5.26 Å². The van der Waals surface area contributed by atoms with E-state index in [0.29, 0.717) is 17.9 Å². The molecule has 0 aliphatic rings. The van der Waals surface area contributed by atoms with E-state index in [-0.39, 0.29) is 12.5 Å². The molecule has 1 amide bonds. The Kier molecular flexibility index (Phi) is 5.52. The van der Waals surface area contributed by atoms with E-state index in [1.54, 1.807) is 24.3 Å². The van der Waals surface area contributed by atoms with Crippen LogP contribution >= 0.6 is 0 Å². The number of rotatable bonds is 7. The molecular formula is C18H16N6O2. The molecule has 3 aromatic rings. The third-order valence-electron chi connectivity index (χ3n) is 3.68. The monoisotopic (exact) mass is 348 g/mol. The molecule has 1 heterocycles. The zero-order chi connectivity index (χ0) is 18.2. The summed E-state index contributed by atoms with van der Waals surface area (Å²) in [7, 11) is 0. The van der Waals surface area contributed by atoms with Gasteiger partial charge in [0.25, 0.3) is 0 Å². The summed E-state index contributed by atoms with van der Waals surface area (Å²) in [6.45, 7) is -0.0237. The van der Waals surface area contributed by atoms with Crippen LogP contribution in [-0.4, -0.2) is 32.7 Å². The van der Waals surface area contributed by atoms with E-state index in [1.165, 1.54) is 11.0 Å². The van der Waals surface area contributed by atoms with Gasteiger partial charge in [0.15, 0.2) is 6.61 Å². The maximum absolute atomic E-state index is 12.8. The Morgan fingerprint density at radius 2 is 1.96 bits per heavy atom. The van der Waals surface area contributed by atoms with Crippen LogP contribution in [0.1, 0.15) is 11.6 Å². The van der Waals surface area contributed by atoms with Crippen molar-refractivity contribution in [2.75, 3.05) is 11.9 Å². The molecule has 0 bridgehead atoms. The minimum absolute atomic E-state index is 0.0237. The van der Waals surface area contributed by atoms with E-state index in [4.69, 9.17) is 10.00 Å². The molecule has 130 valence electrons. The van der Waals surface area contributed by atoms with Crippen LogP contribution in [-0.2, 0) is 11.2 Å². The van der Waals surface area contributed by atoms with Gasteiger partial charge in [0, 0.05) is 12.1 Å². The van der Waals surface area contributed by atoms with Gasteiger partial charge >= 0.3 is 0 Å². The van der Waals surface area contributed by atoms with Gasteiger partial charge in [0.2, 0.25) is 5.91 Å². The first-order chi connectivity index (χ1) is 12.8. The SMILES string of the molecule is N#CCOc1ccc(NC(=O)C(Cc2ccccc2)n2cnnn2)cc1. The van der Waals surface area contributed by atoms with Gasteiger partial charge in [-0.3, -0.25) is 4.79 Å². The van der Waals surface area contributed by atoms with Crippen molar-refractivity contribution in [1.29, 1.82) is 5.26 Å². The lowest BCUT2D eigenvalue weighted by atomic mass is 10.1. The normalized spacial score (nSPS) is 11.3. The van der Waals surface area contributed by atoms with E-state index in [9.17, 15) is 4.79 Å². The van der Waals surface area contributed by atoms with E-state index in [1.807, 2.05) is 36.4 Å². The molecule has 1 unspecified atom stereocenters. The van der Waals surface area contributed by atoms with Gasteiger partial charge in [0.1, 0.15) is 24.2 Å². The number of carbonyl (C=O) groups excluding carboxylic acids is 1. The van der Waals surface area contributed by atoms with Crippen molar-refractivity contribution in [2.24, 2.45) is 0 Å². The quantitative estimate of drug-likeness (QED) is 0.700. The van der Waals surface area contributed by atoms with Crippen LogP contribution in [0.4, 0.5) is 5.69 Å². The van der Waals surface area contributed by atoms with Crippen LogP contribution in [0.2, 0.25) is 0 Å². The lowest BCUT2D eigenvalue weighted by Crippen LogP contribution is -2.28. The number of hydrogen-bond donors (Lipinski definition) is 1. The highest BCUT2D eigenvalue weighted by Crippen LogP contribution is 2.19. The van der Waals surface area contributed by atoms with Crippen molar-refractivity contribution in [3.05, 3.63) is 66.5 Å². The number of nitrogens with one attached hydrogen (secondary N) is 1. The van der Waals surface area contributed by atoms with Gasteiger partial charge in [-0.1, -0.05) is 30.3 Å². The number of anilines is 1. The number of hydrogen-bond acceptors (Lipinski definition) is 6. The van der Waals surface area contributed by atoms with Crippen molar-refractivity contribution in [1.82, 2.24) is 20.2 Å². The second-order valence-corrected chi connectivity index (χ2v) is 5.46. The number of nitrogens with zero attached hydrogens (tertiary/aromatic N) is 5. The first-order valence-corrected chi connectivity index (χ1v) is 7.93. The van der Waals surface area contributed by atoms with Crippen LogP contribution in [0.5, 0.6) is 5.75 Å². The van der Waals surface area contributed by atoms with Crippen molar-refractivity contribution >= 4 is 11.6 Å². The summed E-state index contributed by atoms with van der Waals surface area (Å²) < 4.78 is 6.63. The van der Waals surface area contributed by atoms with E-state index < -0.39 is 6.04 Å². The third-order valence-corrected chi connectivity index (χ3v) is 3.68. The minimum Gasteiger partial charge on any atom is -0.479 e. The van der Waals surface area contributed by atoms with E-state index in [2.05, 4.69) is 20.8 Å². The smallest absolute Gasteiger partial charge is 0.249 e. The number of tetrazole rings is 1. The Hall–Kier alpha value is -3.73. The molecule has 26 heavy (non-hydrogen) atoms. The topological polar surface area (TPSA) is 106 Å². The first-order valence-electron chi connectivity index (χ1n) is 7.93. The molecule has 1 atom stereocenters. The first kappa shape index (κ1) is 17.1. The standard InChI is InChI=1S/C18H16N6O2/c19-10-11-26-16-8-6-15(7-9-16)21-18(25)17(24-13-20-22-23-24)12-14-4-2-1-3-5-14/h1-9,13,17H,11-12H2,(H,21,25). The van der Waals surface area contributed by atoms with Crippen molar-refractivity contribution in [2.45, 2.75) is 12.5 Å². The van der Waals surface area contributed by atoms with Gasteiger partial charge in [-0.15, -0.1) is 5.10 Å². The van der Waals surface area contributed by atoms with Gasteiger partial charge in [-0.05, 0) is 40.3 Å². The van der Waals surface area contributed by atoms with E-state index >= 15 is 0 Å². The highest BCUT2D eigenvalue weighted by molar-refractivity contribution is 5.93. The molecule has 0 fully saturated rings. The fraction of sp³-hybridized carbons (Fsp3) is 0.167. The molecule has 3 rings (SSSR count). The zero-order valence-electron chi connectivity index (χ0n) is 13.8. The van der Waals surface area contributed by atoms with Gasteiger partial charge < -0.3 is 10.1 Å². The van der Waals surface area contributed by atoms with Crippen molar-refractivity contribution in [3.63, 3.8) is 0 Å². The Bertz CT molecular complexity index is 872. The molecule has 0 saturated heterocycles. The summed E-state index contributed by atoms with van der Waals surface area (Å²) in [6, 6.07) is 17.8. The summed E-state index contributed by atoms with van der Waals surface area (Å²) in [6.07, 6.45) is 1.88. The van der Waals surface area contributed by atoms with Crippen LogP contribution in [0, 0.1) is 11.3 Å². The van der Waals surface area contributed by atoms with Crippen molar-refractivity contribution in [3.8, 4) is 11.8 Å². The predicted molar refractivity (Wildman–Crippen MR) is 93.2 cm³/mol. The van der Waals surface area contributed by atoms with Crippen LogP contribution in [0.25, 0.3) is 0 Å². The maximum atomic E-state index is 12.8. The molecule has 0 saturated carbocycles. The van der Waals surface area contributed by atoms with Crippen LogP contribution in [0.3, 0.4) is 0 Å². The number of ether oxygens (including phenoxy) is 1. The van der Waals surface area contributed by atoms with Gasteiger partial charge in [-0.25, -0.2) is 4.68 Å². The highest BCUT2D eigenvalue weighted by Gasteiger charge is 2.22. The Balaban J connectivity index is 1.72. The average Bonchev–Trinajstić information content (AvgIpc) is 3.21. The lowest BCUT2D eigenvalue weighted by molar-refractivity contribution is -0.119. The number of carbonyl (C=O) groups is 1. The number of amides is 1. The molecule has 2 aromatic carbocycles. The summed E-state index contributed by atoms with van der Waals surface area (Å²) >= 11 is 0. The summed E-state index contributed by atoms with van der Waals surface area (Å²) in [5.74, 6) is 0.331. The van der Waals surface area contributed by atoms with Gasteiger partial charge in [0.05, 0.1) is 0 Å². The molecule has 0 aliphatic carbocycles. The maximum Gasteiger partial charge on any atom is 0.249 e. The molecule has 1 N–H and O–H groups in total. The number of benzene rings is 2. The molecule has 8 heteroatoms. The molecular weight excluding hydrogens is 332 g/mol. The molecule has 0 spiro atoms. The van der Waals surface area contributed by atoms with E-state index in [0.717, 1.165) is 5.56 Å². The lowest BCUT2D eigenvalue weighted by Gasteiger charge is -2.16. The van der Waals surface area contributed by atoms with Crippen molar-refractivity contribution < 1.29 is 9.53 Å². The average molecular weight is 348 g/mol.